The van der Waals surface area contributed by atoms with Crippen LogP contribution in [-0.2, 0) is 4.79 Å². The number of rotatable bonds is 5. The monoisotopic (exact) mass is 296 g/mol. The second-order valence-electron chi connectivity index (χ2n) is 6.20. The fourth-order valence-corrected chi connectivity index (χ4v) is 1.82. The maximum Gasteiger partial charge on any atom is 0.322 e. The number of urea groups is 1. The lowest BCUT2D eigenvalue weighted by Crippen LogP contribution is -2.48. The number of carbonyl (C=O) groups is 2. The Morgan fingerprint density at radius 3 is 2.48 bits per heavy atom. The second kappa shape index (κ2) is 6.60. The van der Waals surface area contributed by atoms with E-state index in [1.165, 1.54) is 4.90 Å². The van der Waals surface area contributed by atoms with Gasteiger partial charge < -0.3 is 15.3 Å². The molecule has 0 aromatic carbocycles. The number of nitrogens with one attached hydrogen (secondary N) is 1. The fourth-order valence-electron chi connectivity index (χ4n) is 1.82. The molecule has 1 aromatic rings. The van der Waals surface area contributed by atoms with Gasteiger partial charge >= 0.3 is 12.0 Å². The van der Waals surface area contributed by atoms with E-state index in [2.05, 4.69) is 10.4 Å². The van der Waals surface area contributed by atoms with Crippen LogP contribution >= 0.6 is 0 Å². The maximum absolute atomic E-state index is 12.3. The summed E-state index contributed by atoms with van der Waals surface area (Å²) in [5.41, 5.74) is 0.131. The Kier molecular flexibility index (Phi) is 5.34. The predicted molar refractivity (Wildman–Crippen MR) is 80.3 cm³/mol. The zero-order valence-electron chi connectivity index (χ0n) is 13.3. The number of aromatic nitrogens is 2. The van der Waals surface area contributed by atoms with Gasteiger partial charge in [0.15, 0.2) is 0 Å². The van der Waals surface area contributed by atoms with Gasteiger partial charge in [0.1, 0.15) is 0 Å². The highest BCUT2D eigenvalue weighted by atomic mass is 16.4. The lowest BCUT2D eigenvalue weighted by Gasteiger charge is -2.35. The molecule has 0 bridgehead atoms. The zero-order valence-corrected chi connectivity index (χ0v) is 13.3. The topological polar surface area (TPSA) is 87.5 Å². The summed E-state index contributed by atoms with van der Waals surface area (Å²) in [6, 6.07) is -0.117. The summed E-state index contributed by atoms with van der Waals surface area (Å²) in [5, 5.41) is 15.7. The minimum Gasteiger partial charge on any atom is -0.481 e. The van der Waals surface area contributed by atoms with Crippen molar-refractivity contribution in [2.24, 2.45) is 0 Å². The molecule has 0 aliphatic heterocycles. The third-order valence-corrected chi connectivity index (χ3v) is 2.99. The average Bonchev–Trinajstić information content (AvgIpc) is 2.75. The Morgan fingerprint density at radius 1 is 1.43 bits per heavy atom. The van der Waals surface area contributed by atoms with E-state index < -0.39 is 11.5 Å². The standard InChI is InChI=1S/C14H24N4O3/c1-10(2)18-9-11(8-15-18)16-13(21)17(14(3,4)5)7-6-12(19)20/h8-10H,6-7H2,1-5H3,(H,16,21)(H,19,20). The number of aliphatic carboxylic acids is 1. The number of anilines is 1. The summed E-state index contributed by atoms with van der Waals surface area (Å²) < 4.78 is 1.74. The van der Waals surface area contributed by atoms with Crippen molar-refractivity contribution < 1.29 is 14.7 Å². The number of amides is 2. The van der Waals surface area contributed by atoms with Crippen molar-refractivity contribution in [2.75, 3.05) is 11.9 Å². The van der Waals surface area contributed by atoms with E-state index in [-0.39, 0.29) is 25.0 Å². The van der Waals surface area contributed by atoms with Gasteiger partial charge in [-0.05, 0) is 34.6 Å². The van der Waals surface area contributed by atoms with Crippen LogP contribution in [0.5, 0.6) is 0 Å². The van der Waals surface area contributed by atoms with Crippen LogP contribution in [0.15, 0.2) is 12.4 Å². The van der Waals surface area contributed by atoms with Crippen molar-refractivity contribution in [3.8, 4) is 0 Å². The summed E-state index contributed by atoms with van der Waals surface area (Å²) in [7, 11) is 0. The van der Waals surface area contributed by atoms with Crippen LogP contribution in [0, 0.1) is 0 Å². The van der Waals surface area contributed by atoms with E-state index in [0.29, 0.717) is 5.69 Å². The maximum atomic E-state index is 12.3. The van der Waals surface area contributed by atoms with Gasteiger partial charge in [0.2, 0.25) is 0 Å². The van der Waals surface area contributed by atoms with Crippen LogP contribution in [0.25, 0.3) is 0 Å². The Balaban J connectivity index is 2.77. The van der Waals surface area contributed by atoms with Crippen molar-refractivity contribution in [2.45, 2.75) is 52.6 Å². The minimum atomic E-state index is -0.926. The Hall–Kier alpha value is -2.05. The van der Waals surface area contributed by atoms with Crippen LogP contribution in [-0.4, -0.2) is 43.9 Å². The van der Waals surface area contributed by atoms with E-state index >= 15 is 0 Å². The molecule has 1 rings (SSSR count). The summed E-state index contributed by atoms with van der Waals surface area (Å²) in [4.78, 5) is 24.6. The summed E-state index contributed by atoms with van der Waals surface area (Å²) in [5.74, 6) is -0.926. The van der Waals surface area contributed by atoms with E-state index in [9.17, 15) is 9.59 Å². The smallest absolute Gasteiger partial charge is 0.322 e. The minimum absolute atomic E-state index is 0.0874. The van der Waals surface area contributed by atoms with Crippen LogP contribution in [0.4, 0.5) is 10.5 Å². The van der Waals surface area contributed by atoms with Crippen molar-refractivity contribution in [3.63, 3.8) is 0 Å². The van der Waals surface area contributed by atoms with Gasteiger partial charge in [-0.25, -0.2) is 4.79 Å². The number of nitrogens with zero attached hydrogens (tertiary/aromatic N) is 3. The number of carboxylic acid groups (broad SMARTS) is 1. The molecule has 1 aromatic heterocycles. The zero-order chi connectivity index (χ0) is 16.2. The van der Waals surface area contributed by atoms with Crippen molar-refractivity contribution in [1.29, 1.82) is 0 Å². The summed E-state index contributed by atoms with van der Waals surface area (Å²) in [6.07, 6.45) is 3.24. The van der Waals surface area contributed by atoms with Gasteiger partial charge in [0.05, 0.1) is 18.3 Å². The fraction of sp³-hybridized carbons (Fsp3) is 0.643. The molecular weight excluding hydrogens is 272 g/mol. The quantitative estimate of drug-likeness (QED) is 0.874. The summed E-state index contributed by atoms with van der Waals surface area (Å²) >= 11 is 0. The Labute approximate surface area is 124 Å². The average molecular weight is 296 g/mol. The van der Waals surface area contributed by atoms with Gasteiger partial charge in [-0.15, -0.1) is 0 Å². The lowest BCUT2D eigenvalue weighted by molar-refractivity contribution is -0.137. The van der Waals surface area contributed by atoms with Gasteiger partial charge in [0.25, 0.3) is 0 Å². The van der Waals surface area contributed by atoms with E-state index in [1.54, 1.807) is 17.1 Å². The molecule has 21 heavy (non-hydrogen) atoms. The Morgan fingerprint density at radius 2 is 2.05 bits per heavy atom. The van der Waals surface area contributed by atoms with E-state index in [4.69, 9.17) is 5.11 Å². The Bertz CT molecular complexity index is 503. The number of hydrogen-bond donors (Lipinski definition) is 2. The molecule has 118 valence electrons. The molecule has 0 spiro atoms. The lowest BCUT2D eigenvalue weighted by atomic mass is 10.1. The summed E-state index contributed by atoms with van der Waals surface area (Å²) in [6.45, 7) is 9.74. The molecule has 0 saturated heterocycles. The van der Waals surface area contributed by atoms with Crippen molar-refractivity contribution in [3.05, 3.63) is 12.4 Å². The molecule has 0 radical (unpaired) electrons. The van der Waals surface area contributed by atoms with E-state index in [0.717, 1.165) is 0 Å². The highest BCUT2D eigenvalue weighted by Crippen LogP contribution is 2.17. The SMILES string of the molecule is CC(C)n1cc(NC(=O)N(CCC(=O)O)C(C)(C)C)cn1. The van der Waals surface area contributed by atoms with E-state index in [1.807, 2.05) is 34.6 Å². The first-order valence-electron chi connectivity index (χ1n) is 6.96. The van der Waals surface area contributed by atoms with Gasteiger partial charge in [-0.3, -0.25) is 9.48 Å². The molecule has 0 unspecified atom stereocenters. The number of carbonyl (C=O) groups excluding carboxylic acids is 1. The largest absolute Gasteiger partial charge is 0.481 e. The molecule has 2 amide bonds. The third kappa shape index (κ3) is 5.09. The molecule has 7 nitrogen and oxygen atoms in total. The highest BCUT2D eigenvalue weighted by Gasteiger charge is 2.27. The first kappa shape index (κ1) is 17.0. The molecule has 2 N–H and O–H groups in total. The first-order valence-corrected chi connectivity index (χ1v) is 6.96. The molecule has 1 heterocycles. The molecule has 0 aliphatic carbocycles. The molecule has 7 heteroatoms. The molecule has 0 saturated carbocycles. The second-order valence-corrected chi connectivity index (χ2v) is 6.20. The van der Waals surface area contributed by atoms with Crippen molar-refractivity contribution >= 4 is 17.7 Å². The van der Waals surface area contributed by atoms with Gasteiger partial charge in [-0.1, -0.05) is 0 Å². The first-order chi connectivity index (χ1) is 9.61. The van der Waals surface area contributed by atoms with Crippen LogP contribution in [0.3, 0.4) is 0 Å². The van der Waals surface area contributed by atoms with Crippen LogP contribution in [0.1, 0.15) is 47.1 Å². The molecule has 0 aliphatic rings. The van der Waals surface area contributed by atoms with Crippen molar-refractivity contribution in [1.82, 2.24) is 14.7 Å². The normalized spacial score (nSPS) is 11.5. The van der Waals surface area contributed by atoms with Crippen LogP contribution in [0.2, 0.25) is 0 Å². The third-order valence-electron chi connectivity index (χ3n) is 2.99. The molecular formula is C14H24N4O3. The number of hydrogen-bond acceptors (Lipinski definition) is 3. The van der Waals surface area contributed by atoms with Crippen LogP contribution < -0.4 is 5.32 Å². The van der Waals surface area contributed by atoms with Gasteiger partial charge in [-0.2, -0.15) is 5.10 Å². The highest BCUT2D eigenvalue weighted by molar-refractivity contribution is 5.89. The van der Waals surface area contributed by atoms with Gasteiger partial charge in [0, 0.05) is 24.3 Å². The molecule has 0 fully saturated rings. The molecule has 0 atom stereocenters. The number of carboxylic acids is 1. The predicted octanol–water partition coefficient (Wildman–Crippen LogP) is 2.57.